The van der Waals surface area contributed by atoms with Gasteiger partial charge in [-0.1, -0.05) is 35.9 Å². The Morgan fingerprint density at radius 2 is 1.78 bits per heavy atom. The molecule has 1 amide bonds. The first-order valence-corrected chi connectivity index (χ1v) is 8.62. The zero-order valence-corrected chi connectivity index (χ0v) is 15.1. The molecule has 0 atom stereocenters. The zero-order valence-electron chi connectivity index (χ0n) is 15.1. The number of carbonyl (C=O) groups excluding carboxylic acids is 1. The van der Waals surface area contributed by atoms with Crippen LogP contribution in [-0.2, 0) is 4.79 Å². The van der Waals surface area contributed by atoms with E-state index in [0.29, 0.717) is 22.8 Å². The van der Waals surface area contributed by atoms with Crippen LogP contribution in [0.1, 0.15) is 5.56 Å². The van der Waals surface area contributed by atoms with Gasteiger partial charge in [0.15, 0.2) is 6.61 Å². The van der Waals surface area contributed by atoms with Gasteiger partial charge in [0.05, 0.1) is 12.8 Å². The van der Waals surface area contributed by atoms with Crippen LogP contribution in [0.5, 0.6) is 11.5 Å². The predicted octanol–water partition coefficient (Wildman–Crippen LogP) is 4.92. The van der Waals surface area contributed by atoms with Gasteiger partial charge < -0.3 is 19.2 Å². The molecular formula is C22H19NO4. The fourth-order valence-corrected chi connectivity index (χ4v) is 2.99. The van der Waals surface area contributed by atoms with Crippen LogP contribution in [-0.4, -0.2) is 19.6 Å². The smallest absolute Gasteiger partial charge is 0.262 e. The van der Waals surface area contributed by atoms with Gasteiger partial charge in [-0.3, -0.25) is 4.79 Å². The summed E-state index contributed by atoms with van der Waals surface area (Å²) in [5, 5.41) is 4.78. The summed E-state index contributed by atoms with van der Waals surface area (Å²) in [6, 6.07) is 19.0. The quantitative estimate of drug-likeness (QED) is 0.548. The fourth-order valence-electron chi connectivity index (χ4n) is 2.99. The van der Waals surface area contributed by atoms with Gasteiger partial charge in [-0.2, -0.15) is 0 Å². The SMILES string of the molecule is COc1cc2c(cc1NC(=O)COc1ccc(C)cc1)oc1ccccc12. The topological polar surface area (TPSA) is 60.7 Å². The van der Waals surface area contributed by atoms with Crippen molar-refractivity contribution in [3.8, 4) is 11.5 Å². The molecule has 27 heavy (non-hydrogen) atoms. The lowest BCUT2D eigenvalue weighted by Gasteiger charge is -2.11. The van der Waals surface area contributed by atoms with E-state index in [2.05, 4.69) is 5.32 Å². The number of aryl methyl sites for hydroxylation is 1. The summed E-state index contributed by atoms with van der Waals surface area (Å²) in [5.74, 6) is 0.942. The van der Waals surface area contributed by atoms with Crippen molar-refractivity contribution in [3.05, 3.63) is 66.2 Å². The molecule has 5 heteroatoms. The lowest BCUT2D eigenvalue weighted by Crippen LogP contribution is -2.20. The minimum absolute atomic E-state index is 0.0929. The number of fused-ring (bicyclic) bond motifs is 3. The van der Waals surface area contributed by atoms with E-state index >= 15 is 0 Å². The van der Waals surface area contributed by atoms with Gasteiger partial charge in [-0.15, -0.1) is 0 Å². The number of carbonyl (C=O) groups is 1. The molecule has 0 aliphatic heterocycles. The number of para-hydroxylation sites is 1. The predicted molar refractivity (Wildman–Crippen MR) is 106 cm³/mol. The number of anilines is 1. The fraction of sp³-hybridized carbons (Fsp3) is 0.136. The average molecular weight is 361 g/mol. The van der Waals surface area contributed by atoms with Gasteiger partial charge in [0, 0.05) is 16.8 Å². The number of benzene rings is 3. The van der Waals surface area contributed by atoms with E-state index in [0.717, 1.165) is 21.9 Å². The van der Waals surface area contributed by atoms with Crippen LogP contribution in [0.3, 0.4) is 0 Å². The number of nitrogens with one attached hydrogen (secondary N) is 1. The summed E-state index contributed by atoms with van der Waals surface area (Å²) in [6.45, 7) is 1.90. The third kappa shape index (κ3) is 3.44. The number of hydrogen-bond acceptors (Lipinski definition) is 4. The Hall–Kier alpha value is -3.47. The van der Waals surface area contributed by atoms with Crippen molar-refractivity contribution in [3.63, 3.8) is 0 Å². The lowest BCUT2D eigenvalue weighted by atomic mass is 10.1. The van der Waals surface area contributed by atoms with Crippen molar-refractivity contribution in [2.24, 2.45) is 0 Å². The van der Waals surface area contributed by atoms with Gasteiger partial charge in [0.2, 0.25) is 0 Å². The van der Waals surface area contributed by atoms with Crippen molar-refractivity contribution in [2.75, 3.05) is 19.0 Å². The molecule has 5 nitrogen and oxygen atoms in total. The first-order valence-electron chi connectivity index (χ1n) is 8.62. The molecule has 4 aromatic rings. The van der Waals surface area contributed by atoms with Crippen molar-refractivity contribution >= 4 is 33.5 Å². The standard InChI is InChI=1S/C22H19NO4/c1-14-7-9-15(10-8-14)26-13-22(24)23-18-12-20-17(11-21(18)25-2)16-5-3-4-6-19(16)27-20/h3-12H,13H2,1-2H3,(H,23,24). The van der Waals surface area contributed by atoms with Gasteiger partial charge in [0.25, 0.3) is 5.91 Å². The van der Waals surface area contributed by atoms with E-state index < -0.39 is 0 Å². The van der Waals surface area contributed by atoms with Crippen LogP contribution < -0.4 is 14.8 Å². The molecule has 0 aliphatic rings. The third-order valence-electron chi connectivity index (χ3n) is 4.36. The summed E-state index contributed by atoms with van der Waals surface area (Å²) in [6.07, 6.45) is 0. The van der Waals surface area contributed by atoms with E-state index in [1.54, 1.807) is 13.2 Å². The number of methoxy groups -OCH3 is 1. The number of rotatable bonds is 5. The molecule has 1 aromatic heterocycles. The molecule has 1 N–H and O–H groups in total. The highest BCUT2D eigenvalue weighted by Gasteiger charge is 2.14. The minimum Gasteiger partial charge on any atom is -0.495 e. The van der Waals surface area contributed by atoms with Gasteiger partial charge in [-0.05, 0) is 31.2 Å². The maximum absolute atomic E-state index is 12.3. The summed E-state index contributed by atoms with van der Waals surface area (Å²) in [5.41, 5.74) is 3.16. The van der Waals surface area contributed by atoms with Crippen LogP contribution in [0.2, 0.25) is 0 Å². The maximum Gasteiger partial charge on any atom is 0.262 e. The summed E-state index contributed by atoms with van der Waals surface area (Å²) < 4.78 is 16.9. The van der Waals surface area contributed by atoms with Gasteiger partial charge in [-0.25, -0.2) is 0 Å². The molecular weight excluding hydrogens is 342 g/mol. The van der Waals surface area contributed by atoms with E-state index in [1.807, 2.05) is 61.5 Å². The molecule has 3 aromatic carbocycles. The van der Waals surface area contributed by atoms with Crippen molar-refractivity contribution in [2.45, 2.75) is 6.92 Å². The Morgan fingerprint density at radius 1 is 1.00 bits per heavy atom. The molecule has 0 saturated carbocycles. The van der Waals surface area contributed by atoms with Crippen LogP contribution in [0.25, 0.3) is 21.9 Å². The highest BCUT2D eigenvalue weighted by atomic mass is 16.5. The maximum atomic E-state index is 12.3. The number of ether oxygens (including phenoxy) is 2. The van der Waals surface area contributed by atoms with E-state index in [-0.39, 0.29) is 12.5 Å². The number of hydrogen-bond donors (Lipinski definition) is 1. The molecule has 0 saturated heterocycles. The Balaban J connectivity index is 1.56. The first-order chi connectivity index (χ1) is 13.1. The Morgan fingerprint density at radius 3 is 2.56 bits per heavy atom. The third-order valence-corrected chi connectivity index (χ3v) is 4.36. The van der Waals surface area contributed by atoms with Crippen LogP contribution in [0.4, 0.5) is 5.69 Å². The van der Waals surface area contributed by atoms with E-state index in [4.69, 9.17) is 13.9 Å². The molecule has 0 fully saturated rings. The van der Waals surface area contributed by atoms with Crippen LogP contribution >= 0.6 is 0 Å². The second-order valence-electron chi connectivity index (χ2n) is 6.30. The largest absolute Gasteiger partial charge is 0.495 e. The molecule has 136 valence electrons. The average Bonchev–Trinajstić information content (AvgIpc) is 3.04. The highest BCUT2D eigenvalue weighted by Crippen LogP contribution is 2.36. The molecule has 0 aliphatic carbocycles. The summed E-state index contributed by atoms with van der Waals surface area (Å²) in [7, 11) is 1.57. The molecule has 0 unspecified atom stereocenters. The zero-order chi connectivity index (χ0) is 18.8. The Labute approximate surface area is 156 Å². The van der Waals surface area contributed by atoms with Crippen LogP contribution in [0, 0.1) is 6.92 Å². The normalized spacial score (nSPS) is 10.9. The second kappa shape index (κ2) is 7.03. The van der Waals surface area contributed by atoms with Crippen molar-refractivity contribution < 1.29 is 18.7 Å². The highest BCUT2D eigenvalue weighted by molar-refractivity contribution is 6.07. The Kier molecular flexibility index (Phi) is 4.42. The van der Waals surface area contributed by atoms with Gasteiger partial charge in [0.1, 0.15) is 22.7 Å². The summed E-state index contributed by atoms with van der Waals surface area (Å²) in [4.78, 5) is 12.3. The van der Waals surface area contributed by atoms with E-state index in [9.17, 15) is 4.79 Å². The van der Waals surface area contributed by atoms with Crippen LogP contribution in [0.15, 0.2) is 65.1 Å². The monoisotopic (exact) mass is 361 g/mol. The van der Waals surface area contributed by atoms with Gasteiger partial charge >= 0.3 is 0 Å². The molecule has 1 heterocycles. The first kappa shape index (κ1) is 17.0. The Bertz CT molecular complexity index is 1110. The minimum atomic E-state index is -0.274. The number of amides is 1. The number of furan rings is 1. The lowest BCUT2D eigenvalue weighted by molar-refractivity contribution is -0.118. The molecule has 0 bridgehead atoms. The molecule has 0 radical (unpaired) electrons. The molecule has 4 rings (SSSR count). The van der Waals surface area contributed by atoms with Crippen molar-refractivity contribution in [1.82, 2.24) is 0 Å². The van der Waals surface area contributed by atoms with E-state index in [1.165, 1.54) is 0 Å². The summed E-state index contributed by atoms with van der Waals surface area (Å²) >= 11 is 0. The second-order valence-corrected chi connectivity index (χ2v) is 6.30. The van der Waals surface area contributed by atoms with Crippen molar-refractivity contribution in [1.29, 1.82) is 0 Å². The molecule has 0 spiro atoms.